The highest BCUT2D eigenvalue weighted by atomic mass is 16.2. The fraction of sp³-hybridized carbons (Fsp3) is 0.296. The van der Waals surface area contributed by atoms with Gasteiger partial charge in [0, 0.05) is 23.9 Å². The van der Waals surface area contributed by atoms with Gasteiger partial charge in [0.25, 0.3) is 5.91 Å². The highest BCUT2D eigenvalue weighted by Crippen LogP contribution is 2.52. The number of amides is 3. The molecule has 5 rings (SSSR count). The molecule has 0 saturated heterocycles. The van der Waals surface area contributed by atoms with E-state index in [0.717, 1.165) is 22.3 Å². The van der Waals surface area contributed by atoms with Crippen LogP contribution in [0.25, 0.3) is 0 Å². The summed E-state index contributed by atoms with van der Waals surface area (Å²) < 4.78 is 0. The number of nitrogens with one attached hydrogen (secondary N) is 2. The van der Waals surface area contributed by atoms with E-state index in [1.807, 2.05) is 61.5 Å². The fourth-order valence-electron chi connectivity index (χ4n) is 5.14. The van der Waals surface area contributed by atoms with Gasteiger partial charge in [0.2, 0.25) is 11.8 Å². The van der Waals surface area contributed by atoms with E-state index in [0.29, 0.717) is 30.9 Å². The topological polar surface area (TPSA) is 104 Å². The zero-order valence-corrected chi connectivity index (χ0v) is 19.7. The first-order valence-corrected chi connectivity index (χ1v) is 11.8. The molecular formula is C27H27N5O3. The number of fused-ring (bicyclic) bond motifs is 2. The molecule has 1 aromatic heterocycles. The van der Waals surface area contributed by atoms with Crippen LogP contribution in [0.3, 0.4) is 0 Å². The van der Waals surface area contributed by atoms with Crippen LogP contribution in [-0.4, -0.2) is 52.6 Å². The summed E-state index contributed by atoms with van der Waals surface area (Å²) >= 11 is 0. The molecule has 2 N–H and O–H groups in total. The third-order valence-corrected chi connectivity index (χ3v) is 6.97. The molecule has 178 valence electrons. The van der Waals surface area contributed by atoms with Crippen molar-refractivity contribution in [3.05, 3.63) is 83.1 Å². The van der Waals surface area contributed by atoms with Gasteiger partial charge in [0.05, 0.1) is 5.41 Å². The predicted octanol–water partition coefficient (Wildman–Crippen LogP) is 2.73. The molecule has 0 radical (unpaired) electrons. The minimum absolute atomic E-state index is 0.0336. The lowest BCUT2D eigenvalue weighted by Crippen LogP contribution is -2.43. The third-order valence-electron chi connectivity index (χ3n) is 6.97. The van der Waals surface area contributed by atoms with Gasteiger partial charge in [-0.05, 0) is 43.9 Å². The number of rotatable bonds is 5. The summed E-state index contributed by atoms with van der Waals surface area (Å²) in [5.74, 6) is 0.0952. The van der Waals surface area contributed by atoms with Crippen molar-refractivity contribution in [2.45, 2.75) is 38.3 Å². The van der Waals surface area contributed by atoms with Gasteiger partial charge in [0.1, 0.15) is 24.2 Å². The van der Waals surface area contributed by atoms with Gasteiger partial charge >= 0.3 is 0 Å². The van der Waals surface area contributed by atoms with Gasteiger partial charge in [-0.15, -0.1) is 0 Å². The second kappa shape index (κ2) is 8.94. The highest BCUT2D eigenvalue weighted by molar-refractivity contribution is 6.46. The number of anilines is 1. The van der Waals surface area contributed by atoms with E-state index >= 15 is 0 Å². The molecule has 3 aliphatic rings. The number of nitrogens with zero attached hydrogens (tertiary/aromatic N) is 3. The van der Waals surface area contributed by atoms with Gasteiger partial charge < -0.3 is 15.5 Å². The molecule has 2 atom stereocenters. The lowest BCUT2D eigenvalue weighted by Gasteiger charge is -2.20. The quantitative estimate of drug-likeness (QED) is 0.703. The standard InChI is InChI=1S/C27H27N5O3/c1-3-18-14-27(21-10-7-12-29-24(21)31-26(27)35)15-20(18)11-13-28-22(33)16-32-17(2)30-23(25(32)34)19-8-5-4-6-9-19/h3-12,17H,13-16H2,1-2H3,(H,28,33)(H,29,31,35)/b18-3-,20-11-/t17-,27+/m0/s1. The third kappa shape index (κ3) is 3.95. The molecule has 1 aliphatic carbocycles. The van der Waals surface area contributed by atoms with Gasteiger partial charge in [-0.25, -0.2) is 4.98 Å². The van der Waals surface area contributed by atoms with Crippen molar-refractivity contribution in [3.63, 3.8) is 0 Å². The zero-order chi connectivity index (χ0) is 24.6. The van der Waals surface area contributed by atoms with Crippen molar-refractivity contribution in [1.29, 1.82) is 0 Å². The van der Waals surface area contributed by atoms with E-state index in [9.17, 15) is 14.4 Å². The first-order valence-electron chi connectivity index (χ1n) is 11.8. The van der Waals surface area contributed by atoms with Gasteiger partial charge in [-0.3, -0.25) is 19.4 Å². The zero-order valence-electron chi connectivity index (χ0n) is 19.7. The van der Waals surface area contributed by atoms with Crippen LogP contribution in [0.4, 0.5) is 5.82 Å². The lowest BCUT2D eigenvalue weighted by molar-refractivity contribution is -0.131. The molecule has 8 nitrogen and oxygen atoms in total. The minimum Gasteiger partial charge on any atom is -0.351 e. The van der Waals surface area contributed by atoms with Crippen molar-refractivity contribution >= 4 is 29.3 Å². The molecule has 2 aliphatic heterocycles. The number of aliphatic imine (C=N–C) groups is 1. The minimum atomic E-state index is -0.649. The van der Waals surface area contributed by atoms with E-state index < -0.39 is 11.6 Å². The Morgan fingerprint density at radius 3 is 2.71 bits per heavy atom. The second-order valence-electron chi connectivity index (χ2n) is 9.05. The summed E-state index contributed by atoms with van der Waals surface area (Å²) in [4.78, 5) is 48.6. The summed E-state index contributed by atoms with van der Waals surface area (Å²) in [5.41, 5.74) is 3.54. The van der Waals surface area contributed by atoms with Crippen LogP contribution in [0.1, 0.15) is 37.8 Å². The first-order chi connectivity index (χ1) is 16.9. The summed E-state index contributed by atoms with van der Waals surface area (Å²) in [5, 5.41) is 5.80. The van der Waals surface area contributed by atoms with Crippen molar-refractivity contribution in [2.24, 2.45) is 4.99 Å². The van der Waals surface area contributed by atoms with Crippen molar-refractivity contribution in [2.75, 3.05) is 18.4 Å². The Bertz CT molecular complexity index is 1300. The number of benzene rings is 1. The van der Waals surface area contributed by atoms with E-state index in [4.69, 9.17) is 0 Å². The molecule has 35 heavy (non-hydrogen) atoms. The van der Waals surface area contributed by atoms with Crippen LogP contribution in [0.5, 0.6) is 0 Å². The maximum atomic E-state index is 12.9. The molecule has 1 saturated carbocycles. The van der Waals surface area contributed by atoms with Crippen LogP contribution in [0.15, 0.2) is 77.0 Å². The number of hydrogen-bond acceptors (Lipinski definition) is 5. The lowest BCUT2D eigenvalue weighted by atomic mass is 9.80. The van der Waals surface area contributed by atoms with Crippen LogP contribution in [0, 0.1) is 0 Å². The van der Waals surface area contributed by atoms with Crippen LogP contribution >= 0.6 is 0 Å². The molecule has 3 amide bonds. The smallest absolute Gasteiger partial charge is 0.274 e. The van der Waals surface area contributed by atoms with E-state index in [2.05, 4.69) is 20.6 Å². The van der Waals surface area contributed by atoms with Gasteiger partial charge in [-0.1, -0.05) is 48.6 Å². The Morgan fingerprint density at radius 1 is 1.17 bits per heavy atom. The molecule has 2 aromatic rings. The molecule has 1 aromatic carbocycles. The SMILES string of the molecule is C/C=C1/C[C@]2(C/C1=C/CNC(=O)CN1C(=O)C(c3ccccc3)=N[C@@H]1C)C(=O)Nc1ncccc12. The average molecular weight is 470 g/mol. The largest absolute Gasteiger partial charge is 0.351 e. The Morgan fingerprint density at radius 2 is 1.94 bits per heavy atom. The summed E-state index contributed by atoms with van der Waals surface area (Å²) in [6.45, 7) is 4.01. The number of hydrogen-bond donors (Lipinski definition) is 2. The molecule has 8 heteroatoms. The molecule has 0 unspecified atom stereocenters. The van der Waals surface area contributed by atoms with Gasteiger partial charge in [0.15, 0.2) is 0 Å². The van der Waals surface area contributed by atoms with Crippen molar-refractivity contribution < 1.29 is 14.4 Å². The van der Waals surface area contributed by atoms with E-state index in [1.165, 1.54) is 4.90 Å². The molecule has 0 bridgehead atoms. The van der Waals surface area contributed by atoms with Crippen molar-refractivity contribution in [3.8, 4) is 0 Å². The number of allylic oxidation sites excluding steroid dienone is 3. The molecule has 1 fully saturated rings. The Labute approximate surface area is 203 Å². The summed E-state index contributed by atoms with van der Waals surface area (Å²) in [6.07, 6.45) is 6.43. The molecular weight excluding hydrogens is 442 g/mol. The normalized spacial score (nSPS) is 25.4. The predicted molar refractivity (Wildman–Crippen MR) is 133 cm³/mol. The number of aromatic nitrogens is 1. The first kappa shape index (κ1) is 22.7. The Kier molecular flexibility index (Phi) is 5.80. The monoisotopic (exact) mass is 469 g/mol. The van der Waals surface area contributed by atoms with Crippen molar-refractivity contribution in [1.82, 2.24) is 15.2 Å². The fourth-order valence-corrected chi connectivity index (χ4v) is 5.14. The van der Waals surface area contributed by atoms with Gasteiger partial charge in [-0.2, -0.15) is 0 Å². The number of carbonyl (C=O) groups is 3. The average Bonchev–Trinajstić information content (AvgIpc) is 3.47. The summed E-state index contributed by atoms with van der Waals surface area (Å²) in [7, 11) is 0. The van der Waals surface area contributed by atoms with E-state index in [-0.39, 0.29) is 24.3 Å². The maximum Gasteiger partial charge on any atom is 0.274 e. The number of carbonyl (C=O) groups excluding carboxylic acids is 3. The Hall–Kier alpha value is -4.07. The highest BCUT2D eigenvalue weighted by Gasteiger charge is 2.52. The van der Waals surface area contributed by atoms with Crippen LogP contribution in [0.2, 0.25) is 0 Å². The van der Waals surface area contributed by atoms with Crippen LogP contribution < -0.4 is 10.6 Å². The molecule has 3 heterocycles. The maximum absolute atomic E-state index is 12.9. The Balaban J connectivity index is 1.23. The van der Waals surface area contributed by atoms with E-state index in [1.54, 1.807) is 13.1 Å². The molecule has 1 spiro atoms. The summed E-state index contributed by atoms with van der Waals surface area (Å²) in [6, 6.07) is 13.1. The second-order valence-corrected chi connectivity index (χ2v) is 9.05. The van der Waals surface area contributed by atoms with Crippen LogP contribution in [-0.2, 0) is 19.8 Å². The number of pyridine rings is 1.